The molecule has 0 aromatic rings. The Bertz CT molecular complexity index is 1980. The molecule has 144 heavy (non-hydrogen) atoms. The first kappa shape index (κ1) is 242. The molecule has 0 spiro atoms. The van der Waals surface area contributed by atoms with Crippen LogP contribution in [0.5, 0.6) is 0 Å². The Labute approximate surface area is 816 Å². The molecule has 0 saturated carbocycles. The monoisotopic (exact) mass is 2150 g/mol. The molecule has 0 aliphatic rings. The molecule has 0 saturated heterocycles. The molecule has 864 valence electrons. The minimum absolute atomic E-state index is 0.0833. The van der Waals surface area contributed by atoms with Crippen LogP contribution in [0.1, 0.15) is 0 Å². The van der Waals surface area contributed by atoms with E-state index < -0.39 is 65.9 Å². The second-order valence-corrected chi connectivity index (χ2v) is 16.1. The third-order valence-electron chi connectivity index (χ3n) is 0. The lowest BCUT2D eigenvalue weighted by molar-refractivity contribution is -0.481. The van der Waals surface area contributed by atoms with Crippen molar-refractivity contribution in [2.75, 3.05) is 0 Å². The van der Waals surface area contributed by atoms with E-state index in [-0.39, 0.29) is 161 Å². The Balaban J connectivity index is -0.0000000245. The van der Waals surface area contributed by atoms with Crippen LogP contribution >= 0.6 is 0 Å². The Hall–Kier alpha value is -20.2. The van der Waals surface area contributed by atoms with E-state index in [1.54, 1.807) is 0 Å². The zero-order valence-electron chi connectivity index (χ0n) is 76.5. The van der Waals surface area contributed by atoms with E-state index in [0.29, 0.717) is 0 Å². The van der Waals surface area contributed by atoms with E-state index >= 15 is 0 Å². The summed E-state index contributed by atoms with van der Waals surface area (Å²) in [6.07, 6.45) is 0. The minimum Gasteiger partial charge on any atom is -0.907 e. The fraction of sp³-hybridized carbons (Fsp3) is 0. The van der Waals surface area contributed by atoms with Gasteiger partial charge in [-0.2, -0.15) is 0 Å². The standard InChI is InChI=1S/27CH5N3.9BO3/c36*2-1(3)4/h27*(H5,2,3,4);;;;;;;;;/q;;;;;;;;;;;;;;;;;;;;;;;;;;;9*-3/p+27. The Kier molecular flexibility index (Phi) is 397. The SMILES string of the molecule is NC(N)=[NH2+].NC(N)=[NH2+].NC(N)=[NH2+].NC(N)=[NH2+].NC(N)=[NH2+].NC(N)=[NH2+].NC(N)=[NH2+].NC(N)=[NH2+].NC(N)=[NH2+].NC(N)=[NH2+].NC(N)=[NH2+].NC(N)=[NH2+].NC(N)=[NH2+].NC(N)=[NH2+].NC(N)=[NH2+].NC(N)=[NH2+].NC(N)=[NH2+].NC(N)=[NH2+].NC(N)=[NH2+].NC(N)=[NH2+].NC(N)=[NH2+].NC(N)=[NH2+].NC(N)=[NH2+].NC(N)=[NH2+].NC(N)=[NH2+].NC(N)=[NH2+].NC(N)=[NH2+].[O-]B([O-])[O-].[O-]B([O-])[O-].[O-]B([O-])[O-].[O-]B([O-])[O-].[O-]B([O-])[O-].[O-]B([O-])[O-].[O-]B([O-])[O-].[O-]B([O-])[O-].[O-]B([O-])[O-]. The van der Waals surface area contributed by atoms with Crippen molar-refractivity contribution in [3.63, 3.8) is 0 Å². The summed E-state index contributed by atoms with van der Waals surface area (Å²) in [6, 6.07) is 0. The van der Waals surface area contributed by atoms with Crippen LogP contribution in [-0.4, -0.2) is 227 Å². The molecular weight excluding hydrogens is 1990 g/mol. The van der Waals surface area contributed by atoms with Gasteiger partial charge in [0.15, 0.2) is 0 Å². The van der Waals surface area contributed by atoms with Crippen LogP contribution in [0.3, 0.4) is 0 Å². The van der Waals surface area contributed by atoms with E-state index in [1.165, 1.54) is 0 Å². The van der Waals surface area contributed by atoms with Gasteiger partial charge in [0.25, 0.3) is 0 Å². The van der Waals surface area contributed by atoms with Crippen molar-refractivity contribution >= 4 is 227 Å². The molecule has 162 N–H and O–H groups in total. The second kappa shape index (κ2) is 236. The zero-order valence-corrected chi connectivity index (χ0v) is 76.5. The fourth-order valence-corrected chi connectivity index (χ4v) is 0. The van der Waals surface area contributed by atoms with Gasteiger partial charge >= 0.3 is 161 Å². The van der Waals surface area contributed by atoms with Crippen molar-refractivity contribution in [3.05, 3.63) is 0 Å². The van der Waals surface area contributed by atoms with Crippen LogP contribution in [0.15, 0.2) is 0 Å². The van der Waals surface area contributed by atoms with E-state index in [4.69, 9.17) is 136 Å². The summed E-state index contributed by atoms with van der Waals surface area (Å²) >= 11 is 0. The molecule has 0 radical (unpaired) electrons. The number of hydrogen-bond donors (Lipinski definition) is 81. The third kappa shape index (κ3) is 4350. The van der Waals surface area contributed by atoms with Gasteiger partial charge in [0.05, 0.1) is 0 Å². The van der Waals surface area contributed by atoms with Gasteiger partial charge in [-0.3, -0.25) is 522 Å². The smallest absolute Gasteiger partial charge is 0.336 e. The zero-order chi connectivity index (χ0) is 129. The van der Waals surface area contributed by atoms with E-state index in [0.717, 1.165) is 0 Å². The molecule has 0 aromatic carbocycles. The molecule has 0 bridgehead atoms. The second-order valence-electron chi connectivity index (χ2n) is 16.1. The van der Waals surface area contributed by atoms with Gasteiger partial charge in [-0.05, 0) is 0 Å². The first-order chi connectivity index (χ1) is 62.4. The van der Waals surface area contributed by atoms with Gasteiger partial charge in [0.1, 0.15) is 0 Å². The summed E-state index contributed by atoms with van der Waals surface area (Å²) in [6.45, 7) is 0. The molecule has 0 fully saturated rings. The predicted molar refractivity (Wildman–Crippen MR) is 465 cm³/mol. The van der Waals surface area contributed by atoms with Gasteiger partial charge in [-0.25, -0.2) is 0 Å². The van der Waals surface area contributed by atoms with Crippen molar-refractivity contribution in [2.24, 2.45) is 310 Å². The fourth-order valence-electron chi connectivity index (χ4n) is 0. The lowest BCUT2D eigenvalue weighted by atomic mass is 10.3. The highest BCUT2D eigenvalue weighted by Crippen LogP contribution is 1.07. The maximum atomic E-state index is 8.42. The summed E-state index contributed by atoms with van der Waals surface area (Å²) in [5, 5.41) is 351. The average molecular weight is 2150 g/mol. The highest BCUT2D eigenvalue weighted by molar-refractivity contribution is 6.25. The van der Waals surface area contributed by atoms with Crippen LogP contribution in [0.25, 0.3) is 0 Å². The molecule has 0 aromatic heterocycles. The Morgan fingerprint density at radius 2 is 0.0694 bits per heavy atom. The normalized spacial score (nSPS) is 6.19. The maximum Gasteiger partial charge on any atom is 0.336 e. The topological polar surface area (TPSA) is 2720 Å². The van der Waals surface area contributed by atoms with Crippen molar-refractivity contribution in [3.8, 4) is 0 Å². The van der Waals surface area contributed by atoms with Crippen LogP contribution in [0, 0.1) is 0 Å². The largest absolute Gasteiger partial charge is 0.907 e. The van der Waals surface area contributed by atoms with Gasteiger partial charge in [-0.1, -0.05) is 0 Å². The number of nitrogens with two attached hydrogens (primary N) is 81. The van der Waals surface area contributed by atoms with Gasteiger partial charge < -0.3 is 136 Å². The molecule has 117 heteroatoms. The first-order valence-electron chi connectivity index (χ1n) is 29.7. The number of rotatable bonds is 0. The number of hydrogen-bond acceptors (Lipinski definition) is 27. The van der Waals surface area contributed by atoms with Crippen LogP contribution in [-0.2, 0) is 0 Å². The molecule has 0 amide bonds. The molecule has 0 unspecified atom stereocenters. The quantitative estimate of drug-likeness (QED) is 0.0608. The summed E-state index contributed by atoms with van der Waals surface area (Å²) in [7, 11) is -26.3. The van der Waals surface area contributed by atoms with Gasteiger partial charge in [0.2, 0.25) is 0 Å². The average Bonchev–Trinajstić information content (AvgIpc) is 3.42. The molecule has 108 nitrogen and oxygen atoms in total. The summed E-state index contributed by atoms with van der Waals surface area (Å²) in [5.41, 5.74) is 248. The number of guanidine groups is 27. The minimum atomic E-state index is -2.92. The predicted octanol–water partition coefficient (Wildman–Crippen LogP) is -116. The molecule has 0 aliphatic carbocycles. The van der Waals surface area contributed by atoms with Gasteiger partial charge in [-0.15, -0.1) is 0 Å². The Morgan fingerprint density at radius 1 is 0.0694 bits per heavy atom. The molecular formula is C27H162B9N81O27. The van der Waals surface area contributed by atoms with E-state index in [9.17, 15) is 0 Å². The first-order valence-corrected chi connectivity index (χ1v) is 29.7. The van der Waals surface area contributed by atoms with Gasteiger partial charge in [0, 0.05) is 0 Å². The third-order valence-corrected chi connectivity index (χ3v) is 0. The molecule has 0 atom stereocenters. The lowest BCUT2D eigenvalue weighted by Crippen LogP contribution is -2.56. The molecule has 0 heterocycles. The van der Waals surface area contributed by atoms with E-state index in [2.05, 4.69) is 456 Å². The summed E-state index contributed by atoms with van der Waals surface area (Å²) < 4.78 is 0. The van der Waals surface area contributed by atoms with Crippen molar-refractivity contribution in [2.45, 2.75) is 0 Å². The van der Waals surface area contributed by atoms with Crippen molar-refractivity contribution < 1.29 is 282 Å². The highest BCUT2D eigenvalue weighted by atomic mass is 16.6. The van der Waals surface area contributed by atoms with E-state index in [1.807, 2.05) is 0 Å². The highest BCUT2D eigenvalue weighted by Gasteiger charge is 1.73. The Morgan fingerprint density at radius 3 is 0.0694 bits per heavy atom. The molecule has 0 rings (SSSR count). The summed E-state index contributed by atoms with van der Waals surface area (Å²) in [4.78, 5) is 0. The summed E-state index contributed by atoms with van der Waals surface area (Å²) in [5.74, 6) is -2.25. The van der Waals surface area contributed by atoms with Crippen molar-refractivity contribution in [1.82, 2.24) is 0 Å². The van der Waals surface area contributed by atoms with Crippen LogP contribution in [0.4, 0.5) is 0 Å². The van der Waals surface area contributed by atoms with Crippen LogP contribution in [0.2, 0.25) is 0 Å². The van der Waals surface area contributed by atoms with Crippen LogP contribution < -0.4 is 591 Å². The molecule has 0 aliphatic heterocycles. The lowest BCUT2D eigenvalue weighted by Gasteiger charge is -2.35. The van der Waals surface area contributed by atoms with Crippen molar-refractivity contribution in [1.29, 1.82) is 0 Å². The maximum absolute atomic E-state index is 8.42.